The monoisotopic (exact) mass is 292 g/mol. The lowest BCUT2D eigenvalue weighted by Crippen LogP contribution is -2.11. The number of halogens is 2. The van der Waals surface area contributed by atoms with Crippen molar-refractivity contribution >= 4 is 5.97 Å². The van der Waals surface area contributed by atoms with Crippen LogP contribution in [0.2, 0.25) is 0 Å². The van der Waals surface area contributed by atoms with Crippen LogP contribution in [-0.2, 0) is 11.3 Å². The molecule has 0 bridgehead atoms. The number of hydrogen-bond acceptors (Lipinski definition) is 3. The molecule has 0 amide bonds. The predicted octanol–water partition coefficient (Wildman–Crippen LogP) is 3.72. The van der Waals surface area contributed by atoms with Crippen molar-refractivity contribution in [1.29, 1.82) is 0 Å². The molecule has 0 spiro atoms. The summed E-state index contributed by atoms with van der Waals surface area (Å²) in [5, 5.41) is 0. The lowest BCUT2D eigenvalue weighted by Gasteiger charge is -2.10. The standard InChI is InChI=1S/C16H14F2O3/c1-2-20-16(19)14-12(17)8-9-13(15(14)18)21-10-11-6-4-3-5-7-11/h3-9H,2,10H2,1H3. The first kappa shape index (κ1) is 15.0. The van der Waals surface area contributed by atoms with Gasteiger partial charge < -0.3 is 9.47 Å². The van der Waals surface area contributed by atoms with Crippen molar-refractivity contribution in [2.75, 3.05) is 6.61 Å². The van der Waals surface area contributed by atoms with Crippen LogP contribution in [0.3, 0.4) is 0 Å². The molecule has 0 atom stereocenters. The molecule has 0 radical (unpaired) electrons. The molecule has 3 nitrogen and oxygen atoms in total. The van der Waals surface area contributed by atoms with Crippen LogP contribution in [0.25, 0.3) is 0 Å². The molecule has 0 aliphatic rings. The molecule has 0 aliphatic heterocycles. The summed E-state index contributed by atoms with van der Waals surface area (Å²) in [5.41, 5.74) is 0.0984. The minimum atomic E-state index is -1.05. The summed E-state index contributed by atoms with van der Waals surface area (Å²) >= 11 is 0. The molecule has 0 fully saturated rings. The van der Waals surface area contributed by atoms with Crippen molar-refractivity contribution in [2.45, 2.75) is 13.5 Å². The second kappa shape index (κ2) is 6.83. The Bertz CT molecular complexity index is 627. The van der Waals surface area contributed by atoms with E-state index >= 15 is 0 Å². The number of esters is 1. The van der Waals surface area contributed by atoms with Crippen molar-refractivity contribution < 1.29 is 23.0 Å². The van der Waals surface area contributed by atoms with E-state index in [-0.39, 0.29) is 19.0 Å². The Morgan fingerprint density at radius 1 is 1.10 bits per heavy atom. The number of carbonyl (C=O) groups excluding carboxylic acids is 1. The second-order valence-corrected chi connectivity index (χ2v) is 4.23. The van der Waals surface area contributed by atoms with Crippen LogP contribution in [0.5, 0.6) is 5.75 Å². The summed E-state index contributed by atoms with van der Waals surface area (Å²) in [6.07, 6.45) is 0. The Morgan fingerprint density at radius 2 is 1.81 bits per heavy atom. The molecule has 2 aromatic carbocycles. The van der Waals surface area contributed by atoms with E-state index in [4.69, 9.17) is 4.74 Å². The van der Waals surface area contributed by atoms with Gasteiger partial charge in [-0.2, -0.15) is 0 Å². The first-order valence-corrected chi connectivity index (χ1v) is 6.45. The number of benzene rings is 2. The van der Waals surface area contributed by atoms with Gasteiger partial charge in [-0.3, -0.25) is 0 Å². The molecular weight excluding hydrogens is 278 g/mol. The molecule has 21 heavy (non-hydrogen) atoms. The average Bonchev–Trinajstić information content (AvgIpc) is 2.48. The summed E-state index contributed by atoms with van der Waals surface area (Å²) in [7, 11) is 0. The van der Waals surface area contributed by atoms with Crippen LogP contribution in [0.1, 0.15) is 22.8 Å². The van der Waals surface area contributed by atoms with Crippen LogP contribution in [0.4, 0.5) is 8.78 Å². The SMILES string of the molecule is CCOC(=O)c1c(F)ccc(OCc2ccccc2)c1F. The quantitative estimate of drug-likeness (QED) is 0.788. The molecule has 0 heterocycles. The maximum Gasteiger partial charge on any atom is 0.344 e. The van der Waals surface area contributed by atoms with Crippen molar-refractivity contribution in [3.05, 3.63) is 65.2 Å². The van der Waals surface area contributed by atoms with Gasteiger partial charge in [-0.25, -0.2) is 13.6 Å². The van der Waals surface area contributed by atoms with Crippen LogP contribution in [0.15, 0.2) is 42.5 Å². The van der Waals surface area contributed by atoms with Gasteiger partial charge in [0.15, 0.2) is 11.6 Å². The lowest BCUT2D eigenvalue weighted by atomic mass is 10.2. The van der Waals surface area contributed by atoms with Gasteiger partial charge in [0.05, 0.1) is 6.61 Å². The Morgan fingerprint density at radius 3 is 2.48 bits per heavy atom. The molecule has 0 unspecified atom stereocenters. The van der Waals surface area contributed by atoms with E-state index in [1.54, 1.807) is 6.92 Å². The molecule has 0 saturated carbocycles. The van der Waals surface area contributed by atoms with Gasteiger partial charge in [0.1, 0.15) is 18.0 Å². The normalized spacial score (nSPS) is 10.2. The minimum Gasteiger partial charge on any atom is -0.486 e. The smallest absolute Gasteiger partial charge is 0.344 e. The highest BCUT2D eigenvalue weighted by Gasteiger charge is 2.22. The maximum atomic E-state index is 14.1. The Labute approximate surface area is 121 Å². The van der Waals surface area contributed by atoms with E-state index < -0.39 is 23.2 Å². The molecule has 0 aromatic heterocycles. The van der Waals surface area contributed by atoms with E-state index in [1.807, 2.05) is 30.3 Å². The molecule has 0 N–H and O–H groups in total. The van der Waals surface area contributed by atoms with E-state index in [2.05, 4.69) is 4.74 Å². The molecule has 5 heteroatoms. The number of rotatable bonds is 5. The third-order valence-corrected chi connectivity index (χ3v) is 2.77. The predicted molar refractivity (Wildman–Crippen MR) is 73.1 cm³/mol. The summed E-state index contributed by atoms with van der Waals surface area (Å²) < 4.78 is 37.6. The van der Waals surface area contributed by atoms with Gasteiger partial charge in [0.25, 0.3) is 0 Å². The average molecular weight is 292 g/mol. The number of ether oxygens (including phenoxy) is 2. The third-order valence-electron chi connectivity index (χ3n) is 2.77. The first-order chi connectivity index (χ1) is 10.1. The van der Waals surface area contributed by atoms with Crippen LogP contribution < -0.4 is 4.74 Å². The van der Waals surface area contributed by atoms with Crippen molar-refractivity contribution in [2.24, 2.45) is 0 Å². The van der Waals surface area contributed by atoms with Gasteiger partial charge in [0, 0.05) is 0 Å². The largest absolute Gasteiger partial charge is 0.486 e. The zero-order valence-electron chi connectivity index (χ0n) is 11.4. The van der Waals surface area contributed by atoms with E-state index in [0.29, 0.717) is 0 Å². The molecule has 0 aliphatic carbocycles. The van der Waals surface area contributed by atoms with Gasteiger partial charge in [-0.1, -0.05) is 30.3 Å². The summed E-state index contributed by atoms with van der Waals surface area (Å²) in [5.74, 6) is -3.26. The third kappa shape index (κ3) is 3.56. The fourth-order valence-corrected chi connectivity index (χ4v) is 1.77. The summed E-state index contributed by atoms with van der Waals surface area (Å²) in [4.78, 5) is 11.6. The first-order valence-electron chi connectivity index (χ1n) is 6.45. The molecule has 0 saturated heterocycles. The van der Waals surface area contributed by atoms with E-state index in [0.717, 1.165) is 17.7 Å². The van der Waals surface area contributed by atoms with Gasteiger partial charge in [0.2, 0.25) is 0 Å². The van der Waals surface area contributed by atoms with Gasteiger partial charge >= 0.3 is 5.97 Å². The Kier molecular flexibility index (Phi) is 4.87. The van der Waals surface area contributed by atoms with Crippen LogP contribution >= 0.6 is 0 Å². The lowest BCUT2D eigenvalue weighted by molar-refractivity contribution is 0.0514. The Balaban J connectivity index is 2.21. The van der Waals surface area contributed by atoms with E-state index in [1.165, 1.54) is 0 Å². The highest BCUT2D eigenvalue weighted by Crippen LogP contribution is 2.24. The highest BCUT2D eigenvalue weighted by atomic mass is 19.1. The van der Waals surface area contributed by atoms with Crippen LogP contribution in [-0.4, -0.2) is 12.6 Å². The molecular formula is C16H14F2O3. The Hall–Kier alpha value is -2.43. The van der Waals surface area contributed by atoms with Crippen LogP contribution in [0, 0.1) is 11.6 Å². The zero-order valence-corrected chi connectivity index (χ0v) is 11.4. The van der Waals surface area contributed by atoms with E-state index in [9.17, 15) is 13.6 Å². The highest BCUT2D eigenvalue weighted by molar-refractivity contribution is 5.90. The summed E-state index contributed by atoms with van der Waals surface area (Å²) in [6.45, 7) is 1.71. The molecule has 2 rings (SSSR count). The topological polar surface area (TPSA) is 35.5 Å². The number of hydrogen-bond donors (Lipinski definition) is 0. The maximum absolute atomic E-state index is 14.1. The second-order valence-electron chi connectivity index (χ2n) is 4.23. The van der Waals surface area contributed by atoms with Crippen molar-refractivity contribution in [3.8, 4) is 5.75 Å². The fraction of sp³-hybridized carbons (Fsp3) is 0.188. The fourth-order valence-electron chi connectivity index (χ4n) is 1.77. The molecule has 2 aromatic rings. The van der Waals surface area contributed by atoms with Crippen molar-refractivity contribution in [1.82, 2.24) is 0 Å². The minimum absolute atomic E-state index is 0.0345. The van der Waals surface area contributed by atoms with Crippen molar-refractivity contribution in [3.63, 3.8) is 0 Å². The van der Waals surface area contributed by atoms with Gasteiger partial charge in [-0.05, 0) is 24.6 Å². The zero-order chi connectivity index (χ0) is 15.2. The number of carbonyl (C=O) groups is 1. The van der Waals surface area contributed by atoms with Gasteiger partial charge in [-0.15, -0.1) is 0 Å². The molecule has 110 valence electrons. The summed E-state index contributed by atoms with van der Waals surface area (Å²) in [6, 6.07) is 11.3.